The molecule has 0 radical (unpaired) electrons. The molecule has 0 unspecified atom stereocenters. The summed E-state index contributed by atoms with van der Waals surface area (Å²) in [5.41, 5.74) is 4.03. The highest BCUT2D eigenvalue weighted by Gasteiger charge is 2.35. The van der Waals surface area contributed by atoms with Gasteiger partial charge in [0.25, 0.3) is 0 Å². The van der Waals surface area contributed by atoms with Gasteiger partial charge in [0, 0.05) is 15.5 Å². The largest absolute Gasteiger partial charge is 0.489 e. The number of carbonyl (C=O) groups excluding carboxylic acids is 1. The lowest BCUT2D eigenvalue weighted by molar-refractivity contribution is -0.139. The van der Waals surface area contributed by atoms with Crippen molar-refractivity contribution in [3.8, 4) is 5.75 Å². The molecule has 0 saturated heterocycles. The SMILES string of the molecule is C[C@](N)(CO)C(=O)Nc1ccc(Sc2cccc(OCc3ccccc3)c2)c(C(F)(F)F)c1. The normalized spacial score (nSPS) is 13.3. The van der Waals surface area contributed by atoms with E-state index in [1.54, 1.807) is 24.3 Å². The Morgan fingerprint density at radius 3 is 2.45 bits per heavy atom. The summed E-state index contributed by atoms with van der Waals surface area (Å²) in [6.07, 6.45) is -4.65. The Labute approximate surface area is 193 Å². The van der Waals surface area contributed by atoms with Gasteiger partial charge in [-0.05, 0) is 48.9 Å². The van der Waals surface area contributed by atoms with Gasteiger partial charge < -0.3 is 20.9 Å². The summed E-state index contributed by atoms with van der Waals surface area (Å²) in [6, 6.07) is 19.8. The van der Waals surface area contributed by atoms with E-state index in [0.717, 1.165) is 23.4 Å². The molecule has 0 spiro atoms. The Bertz CT molecular complexity index is 1110. The third kappa shape index (κ3) is 6.74. The molecular weight excluding hydrogens is 453 g/mol. The molecule has 5 nitrogen and oxygen atoms in total. The molecule has 0 aliphatic rings. The molecule has 3 rings (SSSR count). The van der Waals surface area contributed by atoms with E-state index in [-0.39, 0.29) is 10.6 Å². The number of benzene rings is 3. The molecule has 3 aromatic carbocycles. The van der Waals surface area contributed by atoms with Crippen molar-refractivity contribution >= 4 is 23.4 Å². The number of nitrogens with one attached hydrogen (secondary N) is 1. The minimum absolute atomic E-state index is 0.0293. The zero-order chi connectivity index (χ0) is 24.1. The molecule has 0 heterocycles. The number of halogens is 3. The van der Waals surface area contributed by atoms with Crippen LogP contribution in [0.15, 0.2) is 82.6 Å². The van der Waals surface area contributed by atoms with Gasteiger partial charge in [0.1, 0.15) is 17.9 Å². The second kappa shape index (κ2) is 10.3. The Morgan fingerprint density at radius 1 is 1.06 bits per heavy atom. The first kappa shape index (κ1) is 24.6. The summed E-state index contributed by atoms with van der Waals surface area (Å²) in [5, 5.41) is 11.5. The third-order valence-corrected chi connectivity index (χ3v) is 5.74. The maximum atomic E-state index is 13.7. The topological polar surface area (TPSA) is 84.6 Å². The first-order chi connectivity index (χ1) is 15.6. The number of aliphatic hydroxyl groups is 1. The molecule has 0 fully saturated rings. The Kier molecular flexibility index (Phi) is 7.68. The minimum Gasteiger partial charge on any atom is -0.489 e. The number of ether oxygens (including phenoxy) is 1. The third-order valence-electron chi connectivity index (χ3n) is 4.67. The molecule has 1 atom stereocenters. The van der Waals surface area contributed by atoms with Crippen molar-refractivity contribution in [2.45, 2.75) is 35.0 Å². The average Bonchev–Trinajstić information content (AvgIpc) is 2.79. The average molecular weight is 477 g/mol. The number of carbonyl (C=O) groups is 1. The van der Waals surface area contributed by atoms with Crippen molar-refractivity contribution in [3.05, 3.63) is 83.9 Å². The van der Waals surface area contributed by atoms with E-state index < -0.39 is 29.8 Å². The van der Waals surface area contributed by atoms with E-state index >= 15 is 0 Å². The van der Waals surface area contributed by atoms with E-state index in [1.165, 1.54) is 19.1 Å². The predicted molar refractivity (Wildman–Crippen MR) is 121 cm³/mol. The van der Waals surface area contributed by atoms with Gasteiger partial charge in [0.15, 0.2) is 0 Å². The number of nitrogens with two attached hydrogens (primary N) is 1. The fraction of sp³-hybridized carbons (Fsp3) is 0.208. The second-order valence-electron chi connectivity index (χ2n) is 7.59. The van der Waals surface area contributed by atoms with Crippen molar-refractivity contribution in [2.75, 3.05) is 11.9 Å². The van der Waals surface area contributed by atoms with E-state index in [9.17, 15) is 23.1 Å². The molecule has 33 heavy (non-hydrogen) atoms. The summed E-state index contributed by atoms with van der Waals surface area (Å²) in [4.78, 5) is 12.6. The Morgan fingerprint density at radius 2 is 1.79 bits per heavy atom. The van der Waals surface area contributed by atoms with Crippen LogP contribution in [0.4, 0.5) is 18.9 Å². The van der Waals surface area contributed by atoms with Gasteiger partial charge in [-0.3, -0.25) is 4.79 Å². The minimum atomic E-state index is -4.65. The first-order valence-corrected chi connectivity index (χ1v) is 10.8. The zero-order valence-corrected chi connectivity index (χ0v) is 18.5. The molecule has 174 valence electrons. The van der Waals surface area contributed by atoms with Crippen LogP contribution < -0.4 is 15.8 Å². The highest BCUT2D eigenvalue weighted by molar-refractivity contribution is 7.99. The number of rotatable bonds is 8. The van der Waals surface area contributed by atoms with Gasteiger partial charge >= 0.3 is 6.18 Å². The van der Waals surface area contributed by atoms with Gasteiger partial charge in [0.2, 0.25) is 5.91 Å². The van der Waals surface area contributed by atoms with E-state index in [1.807, 2.05) is 30.3 Å². The molecule has 0 saturated carbocycles. The number of alkyl halides is 3. The summed E-state index contributed by atoms with van der Waals surface area (Å²) in [6.45, 7) is 0.969. The standard InChI is InChI=1S/C24H23F3N2O3S/c1-23(28,15-30)22(31)29-17-10-11-21(20(12-17)24(25,26)27)33-19-9-5-8-18(13-19)32-14-16-6-3-2-4-7-16/h2-13,30H,14-15,28H2,1H3,(H,29,31)/t23-/m0/s1. The fourth-order valence-electron chi connectivity index (χ4n) is 2.76. The van der Waals surface area contributed by atoms with Crippen molar-refractivity contribution < 1.29 is 27.8 Å². The number of hydrogen-bond acceptors (Lipinski definition) is 5. The molecule has 1 amide bonds. The van der Waals surface area contributed by atoms with Crippen LogP contribution in [0.3, 0.4) is 0 Å². The van der Waals surface area contributed by atoms with Crippen molar-refractivity contribution in [3.63, 3.8) is 0 Å². The monoisotopic (exact) mass is 476 g/mol. The van der Waals surface area contributed by atoms with Crippen LogP contribution in [0.5, 0.6) is 5.75 Å². The summed E-state index contributed by atoms with van der Waals surface area (Å²) in [5.74, 6) is -0.255. The van der Waals surface area contributed by atoms with Crippen LogP contribution >= 0.6 is 11.8 Å². The molecule has 0 aliphatic heterocycles. The smallest absolute Gasteiger partial charge is 0.417 e. The Balaban J connectivity index is 1.79. The van der Waals surface area contributed by atoms with Crippen molar-refractivity contribution in [1.82, 2.24) is 0 Å². The van der Waals surface area contributed by atoms with Crippen LogP contribution in [-0.4, -0.2) is 23.2 Å². The molecule has 9 heteroatoms. The van der Waals surface area contributed by atoms with E-state index in [2.05, 4.69) is 5.32 Å². The molecule has 0 aromatic heterocycles. The van der Waals surface area contributed by atoms with E-state index in [4.69, 9.17) is 10.5 Å². The van der Waals surface area contributed by atoms with Gasteiger partial charge in [-0.25, -0.2) is 0 Å². The highest BCUT2D eigenvalue weighted by atomic mass is 32.2. The van der Waals surface area contributed by atoms with Gasteiger partial charge in [-0.15, -0.1) is 0 Å². The molecule has 0 bridgehead atoms. The van der Waals surface area contributed by atoms with Crippen LogP contribution in [-0.2, 0) is 17.6 Å². The number of amides is 1. The van der Waals surface area contributed by atoms with Crippen LogP contribution in [0.1, 0.15) is 18.1 Å². The van der Waals surface area contributed by atoms with Gasteiger partial charge in [-0.2, -0.15) is 13.2 Å². The summed E-state index contributed by atoms with van der Waals surface area (Å²) in [7, 11) is 0. The van der Waals surface area contributed by atoms with Crippen molar-refractivity contribution in [2.24, 2.45) is 5.73 Å². The quantitative estimate of drug-likeness (QED) is 0.422. The summed E-state index contributed by atoms with van der Waals surface area (Å²) < 4.78 is 47.0. The molecular formula is C24H23F3N2O3S. The van der Waals surface area contributed by atoms with Crippen LogP contribution in [0.25, 0.3) is 0 Å². The Hall–Kier alpha value is -3.01. The highest BCUT2D eigenvalue weighted by Crippen LogP contribution is 2.41. The maximum Gasteiger partial charge on any atom is 0.417 e. The number of hydrogen-bond donors (Lipinski definition) is 3. The lowest BCUT2D eigenvalue weighted by Crippen LogP contribution is -2.51. The maximum absolute atomic E-state index is 13.7. The number of anilines is 1. The van der Waals surface area contributed by atoms with Gasteiger partial charge in [0.05, 0.1) is 12.2 Å². The molecule has 0 aliphatic carbocycles. The lowest BCUT2D eigenvalue weighted by Gasteiger charge is -2.21. The van der Waals surface area contributed by atoms with Crippen LogP contribution in [0, 0.1) is 0 Å². The van der Waals surface area contributed by atoms with Gasteiger partial charge in [-0.1, -0.05) is 48.2 Å². The van der Waals surface area contributed by atoms with Crippen LogP contribution in [0.2, 0.25) is 0 Å². The summed E-state index contributed by atoms with van der Waals surface area (Å²) >= 11 is 0.937. The molecule has 3 aromatic rings. The second-order valence-corrected chi connectivity index (χ2v) is 8.70. The molecule has 4 N–H and O–H groups in total. The predicted octanol–water partition coefficient (Wildman–Crippen LogP) is 5.08. The fourth-order valence-corrected chi connectivity index (χ4v) is 3.76. The van der Waals surface area contributed by atoms with Crippen molar-refractivity contribution in [1.29, 1.82) is 0 Å². The first-order valence-electron chi connectivity index (χ1n) is 9.95. The van der Waals surface area contributed by atoms with E-state index in [0.29, 0.717) is 17.3 Å². The zero-order valence-electron chi connectivity index (χ0n) is 17.7. The number of aliphatic hydroxyl groups excluding tert-OH is 1. The lowest BCUT2D eigenvalue weighted by atomic mass is 10.0.